The Morgan fingerprint density at radius 3 is 2.21 bits per heavy atom. The van der Waals surface area contributed by atoms with Crippen LogP contribution in [0.1, 0.15) is 50.2 Å². The standard InChI is InChI=1S/C27H33N3O3/c1-2-21-13-16-27(17-14-21)25(32)30(26(33)28-27)20-24(31)29(19-23-11-7-4-8-12-23)18-15-22-9-5-3-6-10-22/h3-12,21H,2,13-20H2,1H3,(H,28,33). The van der Waals surface area contributed by atoms with Crippen molar-refractivity contribution in [2.24, 2.45) is 5.92 Å². The van der Waals surface area contributed by atoms with Gasteiger partial charge in [-0.25, -0.2) is 4.79 Å². The van der Waals surface area contributed by atoms with Crippen LogP contribution in [0.3, 0.4) is 0 Å². The van der Waals surface area contributed by atoms with Crippen LogP contribution in [0.4, 0.5) is 4.79 Å². The average Bonchev–Trinajstić information content (AvgIpc) is 3.07. The minimum atomic E-state index is -0.822. The molecule has 1 heterocycles. The summed E-state index contributed by atoms with van der Waals surface area (Å²) in [5, 5.41) is 2.93. The third kappa shape index (κ3) is 5.27. The van der Waals surface area contributed by atoms with Crippen molar-refractivity contribution in [2.75, 3.05) is 13.1 Å². The second-order valence-corrected chi connectivity index (χ2v) is 9.29. The Bertz CT molecular complexity index is 969. The number of hydrogen-bond donors (Lipinski definition) is 1. The monoisotopic (exact) mass is 447 g/mol. The molecule has 174 valence electrons. The van der Waals surface area contributed by atoms with Crippen molar-refractivity contribution in [2.45, 2.75) is 57.5 Å². The Labute approximate surface area is 196 Å². The van der Waals surface area contributed by atoms with Crippen LogP contribution in [0.5, 0.6) is 0 Å². The van der Waals surface area contributed by atoms with Gasteiger partial charge in [0.25, 0.3) is 5.91 Å². The van der Waals surface area contributed by atoms with Crippen LogP contribution in [0, 0.1) is 5.92 Å². The predicted octanol–water partition coefficient (Wildman–Crippen LogP) is 4.15. The van der Waals surface area contributed by atoms with Crippen LogP contribution < -0.4 is 5.32 Å². The van der Waals surface area contributed by atoms with E-state index < -0.39 is 11.6 Å². The molecule has 2 aromatic rings. The van der Waals surface area contributed by atoms with Crippen molar-refractivity contribution in [3.63, 3.8) is 0 Å². The van der Waals surface area contributed by atoms with Crippen molar-refractivity contribution in [3.05, 3.63) is 71.8 Å². The van der Waals surface area contributed by atoms with Gasteiger partial charge in [0, 0.05) is 13.1 Å². The number of carbonyl (C=O) groups is 3. The number of nitrogens with one attached hydrogen (secondary N) is 1. The van der Waals surface area contributed by atoms with Crippen LogP contribution in [0.15, 0.2) is 60.7 Å². The van der Waals surface area contributed by atoms with E-state index in [1.165, 1.54) is 0 Å². The molecule has 33 heavy (non-hydrogen) atoms. The summed E-state index contributed by atoms with van der Waals surface area (Å²) in [5.41, 5.74) is 1.34. The maximum Gasteiger partial charge on any atom is 0.325 e. The number of nitrogens with zero attached hydrogens (tertiary/aromatic N) is 2. The fourth-order valence-electron chi connectivity index (χ4n) is 4.98. The van der Waals surface area contributed by atoms with Crippen LogP contribution in [-0.4, -0.2) is 46.3 Å². The van der Waals surface area contributed by atoms with E-state index in [-0.39, 0.29) is 18.4 Å². The molecule has 2 aliphatic rings. The number of benzene rings is 2. The molecule has 1 saturated heterocycles. The number of hydrogen-bond acceptors (Lipinski definition) is 3. The van der Waals surface area contributed by atoms with Crippen LogP contribution >= 0.6 is 0 Å². The Balaban J connectivity index is 1.45. The fourth-order valence-corrected chi connectivity index (χ4v) is 4.98. The lowest BCUT2D eigenvalue weighted by Gasteiger charge is -2.34. The van der Waals surface area contributed by atoms with Gasteiger partial charge in [-0.15, -0.1) is 0 Å². The summed E-state index contributed by atoms with van der Waals surface area (Å²) in [4.78, 5) is 42.2. The smallest absolute Gasteiger partial charge is 0.325 e. The second-order valence-electron chi connectivity index (χ2n) is 9.29. The van der Waals surface area contributed by atoms with E-state index in [0.29, 0.717) is 38.3 Å². The lowest BCUT2D eigenvalue weighted by Crippen LogP contribution is -2.50. The minimum absolute atomic E-state index is 0.211. The van der Waals surface area contributed by atoms with Gasteiger partial charge in [0.1, 0.15) is 12.1 Å². The first-order chi connectivity index (χ1) is 16.0. The van der Waals surface area contributed by atoms with E-state index in [1.807, 2.05) is 60.7 Å². The summed E-state index contributed by atoms with van der Waals surface area (Å²) in [5.74, 6) is 0.158. The zero-order valence-electron chi connectivity index (χ0n) is 19.3. The summed E-state index contributed by atoms with van der Waals surface area (Å²) in [6.45, 7) is 2.91. The molecule has 2 fully saturated rings. The third-order valence-corrected chi connectivity index (χ3v) is 7.16. The quantitative estimate of drug-likeness (QED) is 0.618. The Morgan fingerprint density at radius 2 is 1.61 bits per heavy atom. The van der Waals surface area contributed by atoms with E-state index in [2.05, 4.69) is 12.2 Å². The number of imide groups is 1. The summed E-state index contributed by atoms with van der Waals surface area (Å²) >= 11 is 0. The molecule has 0 aromatic heterocycles. The van der Waals surface area contributed by atoms with Crippen molar-refractivity contribution in [1.29, 1.82) is 0 Å². The molecule has 2 aromatic carbocycles. The van der Waals surface area contributed by atoms with Crippen LogP contribution in [0.25, 0.3) is 0 Å². The fraction of sp³-hybridized carbons (Fsp3) is 0.444. The number of urea groups is 1. The largest absolute Gasteiger partial charge is 0.336 e. The van der Waals surface area contributed by atoms with E-state index in [0.717, 1.165) is 35.3 Å². The highest BCUT2D eigenvalue weighted by atomic mass is 16.2. The molecule has 4 rings (SSSR count). The van der Waals surface area contributed by atoms with Gasteiger partial charge in [0.2, 0.25) is 5.91 Å². The molecule has 6 nitrogen and oxygen atoms in total. The molecule has 6 heteroatoms. The van der Waals surface area contributed by atoms with E-state index >= 15 is 0 Å². The molecule has 4 amide bonds. The molecule has 1 N–H and O–H groups in total. The molecule has 1 saturated carbocycles. The minimum Gasteiger partial charge on any atom is -0.336 e. The SMILES string of the molecule is CCC1CCC2(CC1)NC(=O)N(CC(=O)N(CCc1ccccc1)Cc1ccccc1)C2=O. The molecular formula is C27H33N3O3. The van der Waals surface area contributed by atoms with E-state index in [1.54, 1.807) is 4.90 Å². The lowest BCUT2D eigenvalue weighted by molar-refractivity contribution is -0.140. The molecular weight excluding hydrogens is 414 g/mol. The maximum absolute atomic E-state index is 13.3. The second kappa shape index (κ2) is 10.2. The zero-order chi connectivity index (χ0) is 23.3. The van der Waals surface area contributed by atoms with Gasteiger partial charge < -0.3 is 10.2 Å². The highest BCUT2D eigenvalue weighted by Gasteiger charge is 2.52. The number of rotatable bonds is 8. The summed E-state index contributed by atoms with van der Waals surface area (Å²) in [6.07, 6.45) is 4.98. The van der Waals surface area contributed by atoms with Gasteiger partial charge in [-0.2, -0.15) is 0 Å². The van der Waals surface area contributed by atoms with Gasteiger partial charge in [0.15, 0.2) is 0 Å². The Kier molecular flexibility index (Phi) is 7.11. The topological polar surface area (TPSA) is 69.7 Å². The molecule has 1 aliphatic heterocycles. The zero-order valence-corrected chi connectivity index (χ0v) is 19.3. The van der Waals surface area contributed by atoms with Gasteiger partial charge in [0.05, 0.1) is 0 Å². The van der Waals surface area contributed by atoms with Crippen molar-refractivity contribution in [3.8, 4) is 0 Å². The van der Waals surface area contributed by atoms with Crippen molar-refractivity contribution >= 4 is 17.8 Å². The first-order valence-electron chi connectivity index (χ1n) is 12.0. The van der Waals surface area contributed by atoms with Gasteiger partial charge in [-0.1, -0.05) is 74.0 Å². The van der Waals surface area contributed by atoms with Crippen LogP contribution in [0.2, 0.25) is 0 Å². The van der Waals surface area contributed by atoms with Gasteiger partial charge >= 0.3 is 6.03 Å². The molecule has 0 unspecified atom stereocenters. The van der Waals surface area contributed by atoms with Gasteiger partial charge in [-0.3, -0.25) is 14.5 Å². The molecule has 0 radical (unpaired) electrons. The van der Waals surface area contributed by atoms with E-state index in [4.69, 9.17) is 0 Å². The highest BCUT2D eigenvalue weighted by Crippen LogP contribution is 2.37. The summed E-state index contributed by atoms with van der Waals surface area (Å²) in [7, 11) is 0. The highest BCUT2D eigenvalue weighted by molar-refractivity contribution is 6.09. The summed E-state index contributed by atoms with van der Waals surface area (Å²) in [6, 6.07) is 19.4. The van der Waals surface area contributed by atoms with Crippen LogP contribution in [-0.2, 0) is 22.6 Å². The maximum atomic E-state index is 13.3. The van der Waals surface area contributed by atoms with Crippen molar-refractivity contribution < 1.29 is 14.4 Å². The summed E-state index contributed by atoms with van der Waals surface area (Å²) < 4.78 is 0. The molecule has 1 spiro atoms. The molecule has 0 atom stereocenters. The predicted molar refractivity (Wildman–Crippen MR) is 127 cm³/mol. The average molecular weight is 448 g/mol. The number of amides is 4. The Morgan fingerprint density at radius 1 is 1.00 bits per heavy atom. The van der Waals surface area contributed by atoms with E-state index in [9.17, 15) is 14.4 Å². The first-order valence-corrected chi connectivity index (χ1v) is 12.0. The third-order valence-electron chi connectivity index (χ3n) is 7.16. The Hall–Kier alpha value is -3.15. The lowest BCUT2D eigenvalue weighted by atomic mass is 9.75. The molecule has 1 aliphatic carbocycles. The van der Waals surface area contributed by atoms with Gasteiger partial charge in [-0.05, 0) is 49.1 Å². The first kappa shape index (κ1) is 23.0. The number of carbonyl (C=O) groups excluding carboxylic acids is 3. The normalized spacial score (nSPS) is 22.5. The molecule has 0 bridgehead atoms. The van der Waals surface area contributed by atoms with Crippen molar-refractivity contribution in [1.82, 2.24) is 15.1 Å².